The van der Waals surface area contributed by atoms with Gasteiger partial charge in [-0.3, -0.25) is 0 Å². The fraction of sp³-hybridized carbons (Fsp3) is 0. The zero-order chi connectivity index (χ0) is 5.98. The van der Waals surface area contributed by atoms with Gasteiger partial charge in [-0.25, -0.2) is 0 Å². The Hall–Kier alpha value is 2.17. The van der Waals surface area contributed by atoms with E-state index in [4.69, 9.17) is 0 Å². The van der Waals surface area contributed by atoms with Crippen molar-refractivity contribution in [3.8, 4) is 11.5 Å². The smallest absolute Gasteiger partial charge is 0.873 e. The van der Waals surface area contributed by atoms with Crippen molar-refractivity contribution in [1.29, 1.82) is 0 Å². The predicted octanol–water partition coefficient (Wildman–Crippen LogP) is -6.16. The maximum Gasteiger partial charge on any atom is 4.00 e. The summed E-state index contributed by atoms with van der Waals surface area (Å²) in [5, 5.41) is 20.6. The monoisotopic (exact) mass is 218 g/mol. The molecule has 0 aliphatic rings. The Kier molecular flexibility index (Phi) is 17.6. The van der Waals surface area contributed by atoms with Gasteiger partial charge in [0.05, 0.1) is 0 Å². The molecule has 0 fully saturated rings. The Labute approximate surface area is 145 Å². The van der Waals surface area contributed by atoms with Crippen LogP contribution < -0.4 is 91.2 Å². The first-order valence-corrected chi connectivity index (χ1v) is 2.24. The molecule has 42 valence electrons. The fourth-order valence-corrected chi connectivity index (χ4v) is 0.450. The van der Waals surface area contributed by atoms with Crippen molar-refractivity contribution in [2.75, 3.05) is 0 Å². The molecule has 0 aliphatic carbocycles. The van der Waals surface area contributed by atoms with Crippen molar-refractivity contribution in [3.05, 3.63) is 24.3 Å². The molecule has 0 unspecified atom stereocenters. The summed E-state index contributed by atoms with van der Waals surface area (Å²) in [5.74, 6) is -0.875. The SMILES string of the molecule is [K+].[Na+].[O-]c1ccccc1[O-].[Ti+4]. The zero-order valence-corrected chi connectivity index (χ0v) is 13.3. The summed E-state index contributed by atoms with van der Waals surface area (Å²) in [4.78, 5) is 0. The zero-order valence-electron chi connectivity index (χ0n) is 6.63. The molecule has 1 rings (SSSR count). The van der Waals surface area contributed by atoms with E-state index >= 15 is 0 Å². The molecular weight excluding hydrogens is 214 g/mol. The first-order valence-electron chi connectivity index (χ1n) is 2.24. The van der Waals surface area contributed by atoms with Gasteiger partial charge in [0, 0.05) is 0 Å². The van der Waals surface area contributed by atoms with E-state index in [1.165, 1.54) is 12.1 Å². The topological polar surface area (TPSA) is 46.1 Å². The molecule has 0 atom stereocenters. The van der Waals surface area contributed by atoms with Crippen molar-refractivity contribution in [2.24, 2.45) is 0 Å². The molecule has 0 aliphatic heterocycles. The number of rotatable bonds is 0. The molecule has 0 radical (unpaired) electrons. The molecule has 1 aromatic carbocycles. The largest absolute Gasteiger partial charge is 4.00 e. The van der Waals surface area contributed by atoms with E-state index in [0.717, 1.165) is 0 Å². The van der Waals surface area contributed by atoms with Gasteiger partial charge in [0.1, 0.15) is 0 Å². The van der Waals surface area contributed by atoms with Crippen LogP contribution >= 0.6 is 0 Å². The third-order valence-electron chi connectivity index (χ3n) is 0.849. The molecule has 11 heavy (non-hydrogen) atoms. The van der Waals surface area contributed by atoms with Crippen molar-refractivity contribution in [1.82, 2.24) is 0 Å². The van der Waals surface area contributed by atoms with Gasteiger partial charge in [-0.2, -0.15) is 0 Å². The Morgan fingerprint density at radius 2 is 1.18 bits per heavy atom. The summed E-state index contributed by atoms with van der Waals surface area (Å²) in [7, 11) is 0. The average molecular weight is 218 g/mol. The number of hydrogen-bond donors (Lipinski definition) is 0. The molecule has 0 saturated heterocycles. The molecule has 0 saturated carbocycles. The minimum atomic E-state index is -0.437. The first-order chi connectivity index (χ1) is 3.80. The first kappa shape index (κ1) is 18.9. The normalized spacial score (nSPS) is 6.55. The second-order valence-electron chi connectivity index (χ2n) is 1.45. The van der Waals surface area contributed by atoms with Crippen LogP contribution in [0.15, 0.2) is 24.3 Å². The van der Waals surface area contributed by atoms with Crippen LogP contribution in [-0.4, -0.2) is 0 Å². The van der Waals surface area contributed by atoms with Gasteiger partial charge in [-0.15, -0.1) is 11.5 Å². The number of hydrogen-bond acceptors (Lipinski definition) is 2. The summed E-state index contributed by atoms with van der Waals surface area (Å²) in [6.07, 6.45) is 0. The van der Waals surface area contributed by atoms with E-state index < -0.39 is 11.5 Å². The third-order valence-corrected chi connectivity index (χ3v) is 0.849. The van der Waals surface area contributed by atoms with E-state index in [-0.39, 0.29) is 103 Å². The van der Waals surface area contributed by atoms with Crippen LogP contribution in [-0.2, 0) is 21.7 Å². The molecule has 0 aromatic heterocycles. The van der Waals surface area contributed by atoms with E-state index in [2.05, 4.69) is 0 Å². The number of benzene rings is 1. The van der Waals surface area contributed by atoms with Gasteiger partial charge in [-0.05, 0) is 0 Å². The summed E-state index contributed by atoms with van der Waals surface area (Å²) < 4.78 is 0. The summed E-state index contributed by atoms with van der Waals surface area (Å²) in [5.41, 5.74) is 0. The molecule has 0 amide bonds. The summed E-state index contributed by atoms with van der Waals surface area (Å²) >= 11 is 0. The molecular formula is C6H4KNaO2Ti+4. The van der Waals surface area contributed by atoms with Gasteiger partial charge in [-0.1, -0.05) is 24.3 Å². The van der Waals surface area contributed by atoms with E-state index in [1.807, 2.05) is 0 Å². The minimum absolute atomic E-state index is 0. The standard InChI is InChI=1S/C6H6O2.K.Na.Ti/c7-5-3-1-2-4-6(5)8;;;/h1-4,7-8H;;;/q;2*+1;+4/p-2. The second kappa shape index (κ2) is 10.3. The van der Waals surface area contributed by atoms with Crippen LogP contribution in [0.25, 0.3) is 0 Å². The maximum absolute atomic E-state index is 10.3. The van der Waals surface area contributed by atoms with E-state index in [0.29, 0.717) is 0 Å². The van der Waals surface area contributed by atoms with Gasteiger partial charge in [0.2, 0.25) is 0 Å². The van der Waals surface area contributed by atoms with Crippen molar-refractivity contribution < 1.29 is 113 Å². The third kappa shape index (κ3) is 7.26. The quantitative estimate of drug-likeness (QED) is 0.407. The Bertz CT molecular complexity index is 177. The van der Waals surface area contributed by atoms with Crippen molar-refractivity contribution >= 4 is 0 Å². The number of para-hydroxylation sites is 2. The van der Waals surface area contributed by atoms with Crippen LogP contribution in [0.1, 0.15) is 0 Å². The molecule has 0 N–H and O–H groups in total. The Morgan fingerprint density at radius 1 is 0.909 bits per heavy atom. The van der Waals surface area contributed by atoms with Crippen LogP contribution in [0.5, 0.6) is 11.5 Å². The average Bonchev–Trinajstić information content (AvgIpc) is 1.77. The fourth-order valence-electron chi connectivity index (χ4n) is 0.450. The van der Waals surface area contributed by atoms with E-state index in [9.17, 15) is 10.2 Å². The molecule has 5 heteroatoms. The molecule has 0 spiro atoms. The van der Waals surface area contributed by atoms with Gasteiger partial charge >= 0.3 is 103 Å². The second-order valence-corrected chi connectivity index (χ2v) is 1.45. The Balaban J connectivity index is -0.000000213. The molecule has 2 nitrogen and oxygen atoms in total. The molecule has 0 bridgehead atoms. The van der Waals surface area contributed by atoms with Crippen LogP contribution in [0.4, 0.5) is 0 Å². The maximum atomic E-state index is 10.3. The minimum Gasteiger partial charge on any atom is -0.873 e. The molecule has 1 aromatic rings. The Morgan fingerprint density at radius 3 is 1.36 bits per heavy atom. The van der Waals surface area contributed by atoms with Crippen molar-refractivity contribution in [3.63, 3.8) is 0 Å². The summed E-state index contributed by atoms with van der Waals surface area (Å²) in [6, 6.07) is 5.60. The summed E-state index contributed by atoms with van der Waals surface area (Å²) in [6.45, 7) is 0. The van der Waals surface area contributed by atoms with Gasteiger partial charge in [0.25, 0.3) is 0 Å². The van der Waals surface area contributed by atoms with Gasteiger partial charge < -0.3 is 10.2 Å². The van der Waals surface area contributed by atoms with Gasteiger partial charge in [0.15, 0.2) is 0 Å². The van der Waals surface area contributed by atoms with Crippen LogP contribution in [0.2, 0.25) is 0 Å². The van der Waals surface area contributed by atoms with Crippen LogP contribution in [0.3, 0.4) is 0 Å². The van der Waals surface area contributed by atoms with Crippen LogP contribution in [0, 0.1) is 0 Å². The molecule has 0 heterocycles. The van der Waals surface area contributed by atoms with Crippen molar-refractivity contribution in [2.45, 2.75) is 0 Å². The predicted molar refractivity (Wildman–Crippen MR) is 25.3 cm³/mol. The van der Waals surface area contributed by atoms with E-state index in [1.54, 1.807) is 12.1 Å².